The molecular weight excluding hydrogens is 402 g/mol. The minimum atomic E-state index is -3.69. The smallest absolute Gasteiger partial charge is 0.255 e. The van der Waals surface area contributed by atoms with Crippen molar-refractivity contribution in [2.75, 3.05) is 31.2 Å². The van der Waals surface area contributed by atoms with Crippen molar-refractivity contribution in [2.45, 2.75) is 24.2 Å². The van der Waals surface area contributed by atoms with Gasteiger partial charge in [-0.15, -0.1) is 12.4 Å². The molecule has 1 heterocycles. The fourth-order valence-electron chi connectivity index (χ4n) is 3.04. The van der Waals surface area contributed by atoms with Crippen LogP contribution in [0.3, 0.4) is 0 Å². The van der Waals surface area contributed by atoms with Crippen molar-refractivity contribution < 1.29 is 17.9 Å². The van der Waals surface area contributed by atoms with Gasteiger partial charge in [-0.25, -0.2) is 8.42 Å². The molecule has 152 valence electrons. The number of rotatable bonds is 5. The number of halogens is 1. The molecule has 28 heavy (non-hydrogen) atoms. The maximum Gasteiger partial charge on any atom is 0.255 e. The van der Waals surface area contributed by atoms with Gasteiger partial charge in [-0.05, 0) is 55.3 Å². The Morgan fingerprint density at radius 2 is 1.71 bits per heavy atom. The van der Waals surface area contributed by atoms with E-state index < -0.39 is 10.0 Å². The van der Waals surface area contributed by atoms with Crippen molar-refractivity contribution >= 4 is 39.7 Å². The number of ether oxygens (including phenoxy) is 1. The highest BCUT2D eigenvalue weighted by atomic mass is 35.5. The molecular formula is C19H24ClN3O4S. The Morgan fingerprint density at radius 3 is 2.32 bits per heavy atom. The molecule has 2 aromatic rings. The maximum absolute atomic E-state index is 13.0. The number of nitrogens with zero attached hydrogens (tertiary/aromatic N) is 1. The van der Waals surface area contributed by atoms with E-state index in [1.54, 1.807) is 36.4 Å². The molecule has 1 fully saturated rings. The number of nitrogens with two attached hydrogens (primary N) is 1. The van der Waals surface area contributed by atoms with Gasteiger partial charge in [0.2, 0.25) is 10.0 Å². The Morgan fingerprint density at radius 1 is 1.07 bits per heavy atom. The number of benzene rings is 2. The molecule has 0 aromatic heterocycles. The van der Waals surface area contributed by atoms with Gasteiger partial charge in [0, 0.05) is 30.0 Å². The number of nitrogen functional groups attached to an aromatic ring is 1. The first-order valence-electron chi connectivity index (χ1n) is 8.77. The lowest BCUT2D eigenvalue weighted by Crippen LogP contribution is -2.35. The summed E-state index contributed by atoms with van der Waals surface area (Å²) in [5, 5.41) is 2.73. The molecule has 1 aliphatic heterocycles. The molecule has 1 saturated heterocycles. The average Bonchev–Trinajstić information content (AvgIpc) is 2.69. The third-order valence-electron chi connectivity index (χ3n) is 4.53. The second kappa shape index (κ2) is 9.27. The van der Waals surface area contributed by atoms with Gasteiger partial charge < -0.3 is 15.8 Å². The van der Waals surface area contributed by atoms with Crippen molar-refractivity contribution in [1.82, 2.24) is 4.31 Å². The molecule has 0 bridgehead atoms. The molecule has 1 aliphatic rings. The van der Waals surface area contributed by atoms with E-state index in [2.05, 4.69) is 5.32 Å². The van der Waals surface area contributed by atoms with Crippen LogP contribution in [0.1, 0.15) is 29.6 Å². The van der Waals surface area contributed by atoms with Crippen molar-refractivity contribution in [1.29, 1.82) is 0 Å². The number of carbonyl (C=O) groups excluding carboxylic acids is 1. The second-order valence-electron chi connectivity index (χ2n) is 6.41. The minimum Gasteiger partial charge on any atom is -0.495 e. The predicted molar refractivity (Wildman–Crippen MR) is 112 cm³/mol. The van der Waals surface area contributed by atoms with Crippen LogP contribution in [0.25, 0.3) is 0 Å². The first-order chi connectivity index (χ1) is 12.9. The van der Waals surface area contributed by atoms with Gasteiger partial charge in [0.05, 0.1) is 7.11 Å². The summed E-state index contributed by atoms with van der Waals surface area (Å²) in [7, 11) is -2.27. The predicted octanol–water partition coefficient (Wildman–Crippen LogP) is 3.13. The molecule has 7 nitrogen and oxygen atoms in total. The van der Waals surface area contributed by atoms with Gasteiger partial charge >= 0.3 is 0 Å². The van der Waals surface area contributed by atoms with E-state index in [4.69, 9.17) is 10.5 Å². The molecule has 3 N–H and O–H groups in total. The standard InChI is InChI=1S/C19H23N3O4S.ClH/c1-26-17-10-9-16(21-19(23)14-5-7-15(20)8-6-14)13-18(17)27(24,25)22-11-3-2-4-12-22;/h5-10,13H,2-4,11-12,20H2,1H3,(H,21,23);1H. The molecule has 0 radical (unpaired) electrons. The Bertz CT molecular complexity index is 927. The lowest BCUT2D eigenvalue weighted by atomic mass is 10.2. The zero-order chi connectivity index (χ0) is 19.4. The van der Waals surface area contributed by atoms with E-state index >= 15 is 0 Å². The van der Waals surface area contributed by atoms with E-state index in [1.807, 2.05) is 0 Å². The quantitative estimate of drug-likeness (QED) is 0.716. The number of carbonyl (C=O) groups is 1. The highest BCUT2D eigenvalue weighted by Gasteiger charge is 2.29. The van der Waals surface area contributed by atoms with Crippen LogP contribution < -0.4 is 15.8 Å². The average molecular weight is 426 g/mol. The lowest BCUT2D eigenvalue weighted by molar-refractivity contribution is 0.102. The van der Waals surface area contributed by atoms with Crippen molar-refractivity contribution in [3.63, 3.8) is 0 Å². The Hall–Kier alpha value is -2.29. The first-order valence-corrected chi connectivity index (χ1v) is 10.2. The minimum absolute atomic E-state index is 0. The van der Waals surface area contributed by atoms with E-state index in [0.29, 0.717) is 30.0 Å². The number of anilines is 2. The van der Waals surface area contributed by atoms with E-state index in [-0.39, 0.29) is 29.0 Å². The van der Waals surface area contributed by atoms with Crippen LogP contribution in [0, 0.1) is 0 Å². The zero-order valence-corrected chi connectivity index (χ0v) is 17.2. The zero-order valence-electron chi connectivity index (χ0n) is 15.6. The van der Waals surface area contributed by atoms with E-state index in [0.717, 1.165) is 19.3 Å². The van der Waals surface area contributed by atoms with Gasteiger partial charge in [-0.2, -0.15) is 4.31 Å². The molecule has 0 spiro atoms. The van der Waals surface area contributed by atoms with E-state index in [1.165, 1.54) is 17.5 Å². The lowest BCUT2D eigenvalue weighted by Gasteiger charge is -2.26. The Labute approximate surface area is 171 Å². The molecule has 0 atom stereocenters. The molecule has 0 aliphatic carbocycles. The largest absolute Gasteiger partial charge is 0.495 e. The molecule has 0 saturated carbocycles. The van der Waals surface area contributed by atoms with Gasteiger partial charge in [-0.1, -0.05) is 6.42 Å². The molecule has 1 amide bonds. The summed E-state index contributed by atoms with van der Waals surface area (Å²) in [6, 6.07) is 11.1. The Kier molecular flexibility index (Phi) is 7.29. The van der Waals surface area contributed by atoms with Crippen LogP contribution in [0.4, 0.5) is 11.4 Å². The monoisotopic (exact) mass is 425 g/mol. The number of piperidine rings is 1. The van der Waals surface area contributed by atoms with Crippen LogP contribution in [-0.4, -0.2) is 38.8 Å². The summed E-state index contributed by atoms with van der Waals surface area (Å²) in [6.45, 7) is 0.987. The number of nitrogens with one attached hydrogen (secondary N) is 1. The Balaban J connectivity index is 0.00000280. The summed E-state index contributed by atoms with van der Waals surface area (Å²) in [5.74, 6) is -0.0902. The SMILES string of the molecule is COc1ccc(NC(=O)c2ccc(N)cc2)cc1S(=O)(=O)N1CCCCC1.Cl. The fourth-order valence-corrected chi connectivity index (χ4v) is 4.74. The highest BCUT2D eigenvalue weighted by Crippen LogP contribution is 2.31. The van der Waals surface area contributed by atoms with Crippen molar-refractivity contribution in [3.05, 3.63) is 48.0 Å². The van der Waals surface area contributed by atoms with Crippen molar-refractivity contribution in [3.8, 4) is 5.75 Å². The van der Waals surface area contributed by atoms with Crippen molar-refractivity contribution in [2.24, 2.45) is 0 Å². The van der Waals surface area contributed by atoms with Crippen LogP contribution in [0.5, 0.6) is 5.75 Å². The van der Waals surface area contributed by atoms with Crippen LogP contribution >= 0.6 is 12.4 Å². The number of hydrogen-bond donors (Lipinski definition) is 2. The molecule has 0 unspecified atom stereocenters. The van der Waals surface area contributed by atoms with Gasteiger partial charge in [0.25, 0.3) is 5.91 Å². The second-order valence-corrected chi connectivity index (χ2v) is 8.31. The topological polar surface area (TPSA) is 102 Å². The summed E-state index contributed by atoms with van der Waals surface area (Å²) in [5.41, 5.74) is 7.01. The van der Waals surface area contributed by atoms with Crippen LogP contribution in [-0.2, 0) is 10.0 Å². The highest BCUT2D eigenvalue weighted by molar-refractivity contribution is 7.89. The van der Waals surface area contributed by atoms with Gasteiger partial charge in [0.15, 0.2) is 0 Å². The molecule has 2 aromatic carbocycles. The summed E-state index contributed by atoms with van der Waals surface area (Å²) in [4.78, 5) is 12.5. The van der Waals surface area contributed by atoms with Gasteiger partial charge in [0.1, 0.15) is 10.6 Å². The molecule has 9 heteroatoms. The first kappa shape index (κ1) is 22.0. The third-order valence-corrected chi connectivity index (χ3v) is 6.45. The fraction of sp³-hybridized carbons (Fsp3) is 0.316. The molecule has 3 rings (SSSR count). The normalized spacial score (nSPS) is 14.8. The number of sulfonamides is 1. The summed E-state index contributed by atoms with van der Waals surface area (Å²) >= 11 is 0. The maximum atomic E-state index is 13.0. The number of hydrogen-bond acceptors (Lipinski definition) is 5. The third kappa shape index (κ3) is 4.76. The van der Waals surface area contributed by atoms with Crippen LogP contribution in [0.15, 0.2) is 47.4 Å². The number of amides is 1. The summed E-state index contributed by atoms with van der Waals surface area (Å²) < 4.78 is 32.8. The summed E-state index contributed by atoms with van der Waals surface area (Å²) in [6.07, 6.45) is 2.71. The number of methoxy groups -OCH3 is 1. The van der Waals surface area contributed by atoms with Gasteiger partial charge in [-0.3, -0.25) is 4.79 Å². The van der Waals surface area contributed by atoms with Crippen LogP contribution in [0.2, 0.25) is 0 Å². The van der Waals surface area contributed by atoms with E-state index in [9.17, 15) is 13.2 Å².